The molecule has 1 fully saturated rings. The van der Waals surface area contributed by atoms with Crippen LogP contribution in [0.3, 0.4) is 0 Å². The normalized spacial score (nSPS) is 14.4. The van der Waals surface area contributed by atoms with Crippen molar-refractivity contribution in [3.63, 3.8) is 0 Å². The number of fused-ring (bicyclic) bond motifs is 1. The van der Waals surface area contributed by atoms with Crippen molar-refractivity contribution in [1.82, 2.24) is 24.6 Å². The number of hydrogen-bond acceptors (Lipinski definition) is 5. The highest BCUT2D eigenvalue weighted by molar-refractivity contribution is 5.96. The van der Waals surface area contributed by atoms with E-state index in [4.69, 9.17) is 5.73 Å². The highest BCUT2D eigenvalue weighted by atomic mass is 16.2. The van der Waals surface area contributed by atoms with Gasteiger partial charge in [-0.05, 0) is 50.8 Å². The van der Waals surface area contributed by atoms with Crippen molar-refractivity contribution in [2.24, 2.45) is 5.73 Å². The van der Waals surface area contributed by atoms with Crippen LogP contribution in [0.1, 0.15) is 57.1 Å². The predicted molar refractivity (Wildman–Crippen MR) is 123 cm³/mol. The lowest BCUT2D eigenvalue weighted by atomic mass is 10.0. The molecule has 0 aliphatic carbocycles. The number of piperidine rings is 1. The van der Waals surface area contributed by atoms with Crippen molar-refractivity contribution in [2.45, 2.75) is 45.6 Å². The highest BCUT2D eigenvalue weighted by Crippen LogP contribution is 2.20. The molecule has 9 heteroatoms. The van der Waals surface area contributed by atoms with Gasteiger partial charge in [0, 0.05) is 42.5 Å². The molecular weight excluding hydrogens is 420 g/mol. The summed E-state index contributed by atoms with van der Waals surface area (Å²) in [5.41, 5.74) is 9.23. The number of aryl methyl sites for hydroxylation is 2. The number of rotatable bonds is 6. The zero-order chi connectivity index (χ0) is 23.5. The van der Waals surface area contributed by atoms with E-state index in [1.807, 2.05) is 36.9 Å². The van der Waals surface area contributed by atoms with Crippen LogP contribution in [0.25, 0.3) is 5.65 Å². The maximum atomic E-state index is 12.8. The molecule has 0 saturated carbocycles. The van der Waals surface area contributed by atoms with Crippen molar-refractivity contribution in [3.05, 3.63) is 64.9 Å². The minimum Gasteiger partial charge on any atom is -0.364 e. The quantitative estimate of drug-likeness (QED) is 0.595. The van der Waals surface area contributed by atoms with Gasteiger partial charge in [-0.2, -0.15) is 0 Å². The summed E-state index contributed by atoms with van der Waals surface area (Å²) in [6.07, 6.45) is 3.93. The molecule has 3 amide bonds. The lowest BCUT2D eigenvalue weighted by molar-refractivity contribution is -0.132. The summed E-state index contributed by atoms with van der Waals surface area (Å²) in [4.78, 5) is 47.2. The lowest BCUT2D eigenvalue weighted by Crippen LogP contribution is -2.46. The van der Waals surface area contributed by atoms with Gasteiger partial charge in [0.25, 0.3) is 11.8 Å². The summed E-state index contributed by atoms with van der Waals surface area (Å²) in [7, 11) is 0. The lowest BCUT2D eigenvalue weighted by Gasteiger charge is -2.32. The maximum Gasteiger partial charge on any atom is 0.271 e. The summed E-state index contributed by atoms with van der Waals surface area (Å²) in [6, 6.07) is 9.22. The molecule has 1 aromatic carbocycles. The second-order valence-corrected chi connectivity index (χ2v) is 8.41. The molecule has 1 aliphatic rings. The van der Waals surface area contributed by atoms with E-state index in [0.717, 1.165) is 29.8 Å². The fourth-order valence-corrected chi connectivity index (χ4v) is 4.38. The van der Waals surface area contributed by atoms with Gasteiger partial charge in [0.1, 0.15) is 6.33 Å². The molecule has 0 unspecified atom stereocenters. The molecule has 172 valence electrons. The summed E-state index contributed by atoms with van der Waals surface area (Å²) in [6.45, 7) is 5.04. The van der Waals surface area contributed by atoms with Crippen LogP contribution in [0.15, 0.2) is 36.7 Å². The number of imidazole rings is 1. The van der Waals surface area contributed by atoms with Gasteiger partial charge in [0.15, 0.2) is 11.3 Å². The van der Waals surface area contributed by atoms with Crippen LogP contribution in [-0.4, -0.2) is 56.1 Å². The molecule has 0 spiro atoms. The molecule has 1 aliphatic heterocycles. The Morgan fingerprint density at radius 3 is 2.48 bits per heavy atom. The van der Waals surface area contributed by atoms with Crippen LogP contribution in [0, 0.1) is 13.8 Å². The molecule has 4 rings (SSSR count). The van der Waals surface area contributed by atoms with Crippen molar-refractivity contribution in [2.75, 3.05) is 13.1 Å². The van der Waals surface area contributed by atoms with E-state index in [1.54, 1.807) is 16.5 Å². The summed E-state index contributed by atoms with van der Waals surface area (Å²) < 4.78 is 1.74. The predicted octanol–water partition coefficient (Wildman–Crippen LogP) is 1.80. The summed E-state index contributed by atoms with van der Waals surface area (Å²) >= 11 is 0. The van der Waals surface area contributed by atoms with Crippen molar-refractivity contribution >= 4 is 23.4 Å². The Hall–Kier alpha value is -3.75. The Kier molecular flexibility index (Phi) is 6.39. The molecule has 33 heavy (non-hydrogen) atoms. The van der Waals surface area contributed by atoms with Gasteiger partial charge in [0.2, 0.25) is 5.91 Å². The third kappa shape index (κ3) is 4.72. The number of amides is 3. The first-order chi connectivity index (χ1) is 15.8. The first kappa shape index (κ1) is 22.4. The summed E-state index contributed by atoms with van der Waals surface area (Å²) in [5.74, 6) is -0.603. The molecule has 3 N–H and O–H groups in total. The Morgan fingerprint density at radius 1 is 1.12 bits per heavy atom. The van der Waals surface area contributed by atoms with Crippen LogP contribution in [0.4, 0.5) is 0 Å². The smallest absolute Gasteiger partial charge is 0.271 e. The van der Waals surface area contributed by atoms with Gasteiger partial charge in [0.05, 0.1) is 0 Å². The van der Waals surface area contributed by atoms with E-state index < -0.39 is 5.91 Å². The highest BCUT2D eigenvalue weighted by Gasteiger charge is 2.24. The number of carbonyl (C=O) groups is 3. The minimum absolute atomic E-state index is 0.0681. The number of nitrogens with two attached hydrogens (primary N) is 1. The van der Waals surface area contributed by atoms with Crippen LogP contribution >= 0.6 is 0 Å². The Labute approximate surface area is 192 Å². The number of likely N-dealkylation sites (tertiary alicyclic amines) is 1. The van der Waals surface area contributed by atoms with Gasteiger partial charge in [-0.1, -0.05) is 18.2 Å². The first-order valence-corrected chi connectivity index (χ1v) is 11.1. The van der Waals surface area contributed by atoms with Crippen molar-refractivity contribution in [3.8, 4) is 0 Å². The number of benzene rings is 1. The molecule has 0 atom stereocenters. The number of nitrogens with zero attached hydrogens (tertiary/aromatic N) is 4. The average molecular weight is 449 g/mol. The van der Waals surface area contributed by atoms with E-state index in [2.05, 4.69) is 15.3 Å². The monoisotopic (exact) mass is 448 g/mol. The zero-order valence-corrected chi connectivity index (χ0v) is 18.9. The van der Waals surface area contributed by atoms with Crippen LogP contribution in [-0.2, 0) is 11.2 Å². The SMILES string of the molecule is Cc1nc2c(C(N)=O)ncn2c(C)c1CCC(=O)N1CCC(NC(=O)c2ccccc2)CC1. The zero-order valence-electron chi connectivity index (χ0n) is 18.9. The van der Waals surface area contributed by atoms with Crippen molar-refractivity contribution in [1.29, 1.82) is 0 Å². The van der Waals surface area contributed by atoms with Crippen LogP contribution < -0.4 is 11.1 Å². The molecule has 2 aromatic heterocycles. The van der Waals surface area contributed by atoms with E-state index in [9.17, 15) is 14.4 Å². The third-order valence-corrected chi connectivity index (χ3v) is 6.29. The minimum atomic E-state index is -0.616. The number of aromatic nitrogens is 3. The molecule has 0 bridgehead atoms. The number of nitrogens with one attached hydrogen (secondary N) is 1. The fourth-order valence-electron chi connectivity index (χ4n) is 4.38. The average Bonchev–Trinajstić information content (AvgIpc) is 3.24. The van der Waals surface area contributed by atoms with E-state index in [0.29, 0.717) is 37.1 Å². The molecular formula is C24H28N6O3. The van der Waals surface area contributed by atoms with Crippen molar-refractivity contribution < 1.29 is 14.4 Å². The number of hydrogen-bond donors (Lipinski definition) is 2. The largest absolute Gasteiger partial charge is 0.364 e. The first-order valence-electron chi connectivity index (χ1n) is 11.1. The molecule has 3 aromatic rings. The van der Waals surface area contributed by atoms with Gasteiger partial charge < -0.3 is 16.0 Å². The van der Waals surface area contributed by atoms with E-state index >= 15 is 0 Å². The Morgan fingerprint density at radius 2 is 1.82 bits per heavy atom. The topological polar surface area (TPSA) is 123 Å². The standard InChI is InChI=1S/C24H28N6O3/c1-15-19(16(2)30-14-26-21(22(25)32)23(30)27-15)8-9-20(31)29-12-10-18(11-13-29)28-24(33)17-6-4-3-5-7-17/h3-7,14,18H,8-13H2,1-2H3,(H2,25,32)(H,28,33). The second-order valence-electron chi connectivity index (χ2n) is 8.41. The maximum absolute atomic E-state index is 12.8. The van der Waals surface area contributed by atoms with E-state index in [1.165, 1.54) is 6.33 Å². The Bertz CT molecular complexity index is 1200. The van der Waals surface area contributed by atoms with Gasteiger partial charge >= 0.3 is 0 Å². The van der Waals surface area contributed by atoms with Crippen LogP contribution in [0.5, 0.6) is 0 Å². The molecule has 1 saturated heterocycles. The van der Waals surface area contributed by atoms with Gasteiger partial charge in [-0.15, -0.1) is 0 Å². The molecule has 9 nitrogen and oxygen atoms in total. The summed E-state index contributed by atoms with van der Waals surface area (Å²) in [5, 5.41) is 3.07. The fraction of sp³-hybridized carbons (Fsp3) is 0.375. The van der Waals surface area contributed by atoms with Gasteiger partial charge in [-0.25, -0.2) is 9.97 Å². The Balaban J connectivity index is 1.33. The molecule has 0 radical (unpaired) electrons. The number of carbonyl (C=O) groups excluding carboxylic acids is 3. The third-order valence-electron chi connectivity index (χ3n) is 6.29. The second kappa shape index (κ2) is 9.40. The van der Waals surface area contributed by atoms with E-state index in [-0.39, 0.29) is 23.6 Å². The van der Waals surface area contributed by atoms with Gasteiger partial charge in [-0.3, -0.25) is 18.8 Å². The van der Waals surface area contributed by atoms with Crippen LogP contribution in [0.2, 0.25) is 0 Å². The number of primary amides is 1. The molecule has 3 heterocycles.